The van der Waals surface area contributed by atoms with Crippen LogP contribution in [0.25, 0.3) is 0 Å². The Morgan fingerprint density at radius 2 is 2.24 bits per heavy atom. The molecule has 0 aliphatic carbocycles. The van der Waals surface area contributed by atoms with E-state index in [0.717, 1.165) is 0 Å². The van der Waals surface area contributed by atoms with Crippen molar-refractivity contribution >= 4 is 5.97 Å². The zero-order chi connectivity index (χ0) is 12.7. The first-order valence-electron chi connectivity index (χ1n) is 4.98. The van der Waals surface area contributed by atoms with Crippen LogP contribution in [0.5, 0.6) is 5.75 Å². The van der Waals surface area contributed by atoms with E-state index in [9.17, 15) is 4.79 Å². The number of hydrogen-bond acceptors (Lipinski definition) is 4. The smallest absolute Gasteiger partial charge is 0.384 e. The lowest BCUT2D eigenvalue weighted by molar-refractivity contribution is -0.136. The molecule has 1 aromatic carbocycles. The molecule has 0 radical (unpaired) electrons. The third-order valence-corrected chi connectivity index (χ3v) is 1.91. The second-order valence-electron chi connectivity index (χ2n) is 3.00. The summed E-state index contributed by atoms with van der Waals surface area (Å²) in [6.45, 7) is 2.01. The number of ether oxygens (including phenoxy) is 2. The van der Waals surface area contributed by atoms with Crippen LogP contribution >= 0.6 is 0 Å². The number of benzene rings is 1. The largest absolute Gasteiger partial charge is 0.495 e. The van der Waals surface area contributed by atoms with Crippen LogP contribution in [0.1, 0.15) is 18.1 Å². The minimum absolute atomic E-state index is 0.296. The SMILES string of the molecule is CCOC(=O)C#Cc1ccc(C#N)c(OC)c1. The zero-order valence-electron chi connectivity index (χ0n) is 9.61. The molecule has 0 amide bonds. The van der Waals surface area contributed by atoms with Gasteiger partial charge in [-0.1, -0.05) is 5.92 Å². The highest BCUT2D eigenvalue weighted by molar-refractivity contribution is 5.89. The molecule has 4 nitrogen and oxygen atoms in total. The number of nitriles is 1. The average Bonchev–Trinajstić information content (AvgIpc) is 2.36. The van der Waals surface area contributed by atoms with Gasteiger partial charge in [0.2, 0.25) is 0 Å². The Hall–Kier alpha value is -2.46. The molecule has 86 valence electrons. The molecule has 0 saturated carbocycles. The highest BCUT2D eigenvalue weighted by Crippen LogP contribution is 2.18. The van der Waals surface area contributed by atoms with Gasteiger partial charge in [0, 0.05) is 11.5 Å². The Morgan fingerprint density at radius 3 is 2.82 bits per heavy atom. The predicted octanol–water partition coefficient (Wildman–Crippen LogP) is 1.48. The first-order valence-corrected chi connectivity index (χ1v) is 4.98. The molecule has 0 bridgehead atoms. The summed E-state index contributed by atoms with van der Waals surface area (Å²) in [5.41, 5.74) is 1.02. The van der Waals surface area contributed by atoms with Crippen LogP contribution in [0.4, 0.5) is 0 Å². The fourth-order valence-corrected chi connectivity index (χ4v) is 1.15. The number of carbonyl (C=O) groups is 1. The van der Waals surface area contributed by atoms with Gasteiger partial charge in [0.1, 0.15) is 11.8 Å². The minimum atomic E-state index is -0.573. The second-order valence-corrected chi connectivity index (χ2v) is 3.00. The summed E-state index contributed by atoms with van der Waals surface area (Å²) in [7, 11) is 1.47. The van der Waals surface area contributed by atoms with Crippen molar-refractivity contribution in [3.8, 4) is 23.7 Å². The van der Waals surface area contributed by atoms with Gasteiger partial charge in [-0.3, -0.25) is 0 Å². The molecule has 0 heterocycles. The third kappa shape index (κ3) is 3.55. The molecule has 1 rings (SSSR count). The lowest BCUT2D eigenvalue weighted by Gasteiger charge is -2.01. The fourth-order valence-electron chi connectivity index (χ4n) is 1.15. The number of nitrogens with zero attached hydrogens (tertiary/aromatic N) is 1. The zero-order valence-corrected chi connectivity index (χ0v) is 9.61. The predicted molar refractivity (Wildman–Crippen MR) is 61.2 cm³/mol. The van der Waals surface area contributed by atoms with Gasteiger partial charge in [-0.2, -0.15) is 5.26 Å². The maximum absolute atomic E-state index is 11.0. The van der Waals surface area contributed by atoms with Crippen LogP contribution in [0.15, 0.2) is 18.2 Å². The molecule has 17 heavy (non-hydrogen) atoms. The molecule has 0 unspecified atom stereocenters. The van der Waals surface area contributed by atoms with Crippen LogP contribution < -0.4 is 4.74 Å². The molecule has 0 spiro atoms. The van der Waals surface area contributed by atoms with E-state index < -0.39 is 5.97 Å². The van der Waals surface area contributed by atoms with Crippen molar-refractivity contribution in [2.45, 2.75) is 6.92 Å². The monoisotopic (exact) mass is 229 g/mol. The van der Waals surface area contributed by atoms with Crippen LogP contribution in [-0.4, -0.2) is 19.7 Å². The van der Waals surface area contributed by atoms with Crippen molar-refractivity contribution in [1.29, 1.82) is 5.26 Å². The maximum atomic E-state index is 11.0. The molecule has 4 heteroatoms. The first-order chi connectivity index (χ1) is 8.21. The standard InChI is InChI=1S/C13H11NO3/c1-3-17-13(15)7-5-10-4-6-11(9-14)12(8-10)16-2/h4,6,8H,3H2,1-2H3. The molecular formula is C13H11NO3. The van der Waals surface area contributed by atoms with Crippen molar-refractivity contribution in [3.63, 3.8) is 0 Å². The van der Waals surface area contributed by atoms with Gasteiger partial charge in [0.05, 0.1) is 19.3 Å². The van der Waals surface area contributed by atoms with Crippen molar-refractivity contribution in [1.82, 2.24) is 0 Å². The van der Waals surface area contributed by atoms with Gasteiger partial charge < -0.3 is 9.47 Å². The Balaban J connectivity index is 2.94. The molecule has 1 aromatic rings. The summed E-state index contributed by atoms with van der Waals surface area (Å²) >= 11 is 0. The van der Waals surface area contributed by atoms with Crippen LogP contribution in [0.3, 0.4) is 0 Å². The van der Waals surface area contributed by atoms with Crippen LogP contribution in [0.2, 0.25) is 0 Å². The van der Waals surface area contributed by atoms with E-state index in [1.54, 1.807) is 25.1 Å². The number of carbonyl (C=O) groups excluding carboxylic acids is 1. The maximum Gasteiger partial charge on any atom is 0.384 e. The van der Waals surface area contributed by atoms with E-state index in [2.05, 4.69) is 16.6 Å². The molecule has 0 aliphatic rings. The van der Waals surface area contributed by atoms with Gasteiger partial charge in [0.25, 0.3) is 0 Å². The van der Waals surface area contributed by atoms with Gasteiger partial charge >= 0.3 is 5.97 Å². The van der Waals surface area contributed by atoms with Gasteiger partial charge in [-0.05, 0) is 25.1 Å². The molecule has 0 atom stereocenters. The Morgan fingerprint density at radius 1 is 1.47 bits per heavy atom. The molecule has 0 N–H and O–H groups in total. The molecular weight excluding hydrogens is 218 g/mol. The molecule has 0 fully saturated rings. The van der Waals surface area contributed by atoms with Crippen molar-refractivity contribution in [2.75, 3.05) is 13.7 Å². The van der Waals surface area contributed by atoms with E-state index in [0.29, 0.717) is 23.5 Å². The topological polar surface area (TPSA) is 59.3 Å². The molecule has 0 aliphatic heterocycles. The number of esters is 1. The van der Waals surface area contributed by atoms with E-state index >= 15 is 0 Å². The summed E-state index contributed by atoms with van der Waals surface area (Å²) in [6.07, 6.45) is 0. The number of rotatable bonds is 2. The number of methoxy groups -OCH3 is 1. The van der Waals surface area contributed by atoms with E-state index in [-0.39, 0.29) is 0 Å². The summed E-state index contributed by atoms with van der Waals surface area (Å²) in [6, 6.07) is 6.83. The van der Waals surface area contributed by atoms with E-state index in [4.69, 9.17) is 10.00 Å². The fraction of sp³-hybridized carbons (Fsp3) is 0.231. The summed E-state index contributed by atoms with van der Waals surface area (Å²) < 4.78 is 9.69. The highest BCUT2D eigenvalue weighted by Gasteiger charge is 2.02. The van der Waals surface area contributed by atoms with E-state index in [1.165, 1.54) is 7.11 Å². The lowest BCUT2D eigenvalue weighted by atomic mass is 10.1. The Bertz CT molecular complexity index is 518. The average molecular weight is 229 g/mol. The summed E-state index contributed by atoms with van der Waals surface area (Å²) in [5, 5.41) is 8.79. The second kappa shape index (κ2) is 6.19. The third-order valence-electron chi connectivity index (χ3n) is 1.91. The Kier molecular flexibility index (Phi) is 4.59. The van der Waals surface area contributed by atoms with Gasteiger partial charge in [-0.25, -0.2) is 4.79 Å². The van der Waals surface area contributed by atoms with Crippen LogP contribution in [-0.2, 0) is 9.53 Å². The number of hydrogen-bond donors (Lipinski definition) is 0. The van der Waals surface area contributed by atoms with Crippen molar-refractivity contribution in [3.05, 3.63) is 29.3 Å². The minimum Gasteiger partial charge on any atom is -0.495 e. The summed E-state index contributed by atoms with van der Waals surface area (Å²) in [5.74, 6) is 4.84. The van der Waals surface area contributed by atoms with Crippen molar-refractivity contribution in [2.24, 2.45) is 0 Å². The van der Waals surface area contributed by atoms with E-state index in [1.807, 2.05) is 6.07 Å². The lowest BCUT2D eigenvalue weighted by Crippen LogP contribution is -1.99. The van der Waals surface area contributed by atoms with Crippen molar-refractivity contribution < 1.29 is 14.3 Å². The summed E-state index contributed by atoms with van der Waals surface area (Å²) in [4.78, 5) is 11.0. The van der Waals surface area contributed by atoms with Crippen LogP contribution in [0, 0.1) is 23.2 Å². The van der Waals surface area contributed by atoms with Gasteiger partial charge in [-0.15, -0.1) is 0 Å². The molecule has 0 aromatic heterocycles. The molecule has 0 saturated heterocycles. The first kappa shape index (κ1) is 12.6. The normalized spacial score (nSPS) is 8.53. The quantitative estimate of drug-likeness (QED) is 0.569. The van der Waals surface area contributed by atoms with Gasteiger partial charge in [0.15, 0.2) is 0 Å². The highest BCUT2D eigenvalue weighted by atomic mass is 16.5. The Labute approximate surface area is 99.8 Å².